The van der Waals surface area contributed by atoms with Crippen LogP contribution in [0.1, 0.15) is 25.7 Å². The molecule has 2 heteroatoms. The van der Waals surface area contributed by atoms with Gasteiger partial charge in [0.15, 0.2) is 0 Å². The Kier molecular flexibility index (Phi) is 2.70. The molecule has 1 aliphatic rings. The minimum Gasteiger partial charge on any atom is -0.242 e. The van der Waals surface area contributed by atoms with Gasteiger partial charge in [0.1, 0.15) is 6.17 Å². The molecule has 0 saturated heterocycles. The Labute approximate surface area is 63.3 Å². The Morgan fingerprint density at radius 1 is 1.56 bits per heavy atom. The predicted octanol–water partition coefficient (Wildman–Crippen LogP) is 3.18. The van der Waals surface area contributed by atoms with Gasteiger partial charge >= 0.3 is 0 Å². The molecule has 0 aromatic rings. The van der Waals surface area contributed by atoms with E-state index in [0.717, 1.165) is 23.7 Å². The smallest absolute Gasteiger partial charge is 0.131 e. The topological polar surface area (TPSA) is 0 Å². The van der Waals surface area contributed by atoms with Gasteiger partial charge in [0.05, 0.1) is 0 Å². The van der Waals surface area contributed by atoms with Gasteiger partial charge in [0.2, 0.25) is 0 Å². The third-order valence-electron chi connectivity index (χ3n) is 1.55. The lowest BCUT2D eigenvalue weighted by atomic mass is 10.2. The molecule has 0 saturated carbocycles. The molecule has 1 aliphatic carbocycles. The van der Waals surface area contributed by atoms with Crippen molar-refractivity contribution in [2.45, 2.75) is 31.9 Å². The SMILES string of the molecule is FC1CCCCC=C1Br. The van der Waals surface area contributed by atoms with Crippen LogP contribution in [0.2, 0.25) is 0 Å². The highest BCUT2D eigenvalue weighted by Gasteiger charge is 2.11. The second-order valence-electron chi connectivity index (χ2n) is 2.34. The van der Waals surface area contributed by atoms with Crippen molar-refractivity contribution < 1.29 is 4.39 Å². The third kappa shape index (κ3) is 2.09. The summed E-state index contributed by atoms with van der Waals surface area (Å²) in [4.78, 5) is 0. The average molecular weight is 193 g/mol. The van der Waals surface area contributed by atoms with Crippen LogP contribution in [0.15, 0.2) is 10.6 Å². The van der Waals surface area contributed by atoms with Crippen molar-refractivity contribution in [3.05, 3.63) is 10.6 Å². The number of hydrogen-bond donors (Lipinski definition) is 0. The van der Waals surface area contributed by atoms with E-state index < -0.39 is 6.17 Å². The zero-order valence-corrected chi connectivity index (χ0v) is 6.83. The van der Waals surface area contributed by atoms with E-state index in [4.69, 9.17) is 0 Å². The molecule has 0 aliphatic heterocycles. The third-order valence-corrected chi connectivity index (χ3v) is 2.37. The van der Waals surface area contributed by atoms with Crippen molar-refractivity contribution in [3.63, 3.8) is 0 Å². The van der Waals surface area contributed by atoms with Crippen LogP contribution in [0.5, 0.6) is 0 Å². The van der Waals surface area contributed by atoms with E-state index in [1.807, 2.05) is 6.08 Å². The standard InChI is InChI=1S/C7H10BrF/c8-6-4-2-1-3-5-7(6)9/h4,7H,1-3,5H2. The summed E-state index contributed by atoms with van der Waals surface area (Å²) in [5.41, 5.74) is 0. The minimum atomic E-state index is -0.729. The molecule has 0 fully saturated rings. The molecule has 1 rings (SSSR count). The van der Waals surface area contributed by atoms with E-state index >= 15 is 0 Å². The maximum absolute atomic E-state index is 12.7. The van der Waals surface area contributed by atoms with Crippen LogP contribution >= 0.6 is 15.9 Å². The molecule has 9 heavy (non-hydrogen) atoms. The molecule has 0 nitrogen and oxygen atoms in total. The molecule has 1 unspecified atom stereocenters. The van der Waals surface area contributed by atoms with Crippen molar-refractivity contribution >= 4 is 15.9 Å². The molecule has 52 valence electrons. The Morgan fingerprint density at radius 2 is 2.33 bits per heavy atom. The number of hydrogen-bond acceptors (Lipinski definition) is 0. The van der Waals surface area contributed by atoms with E-state index in [0.29, 0.717) is 6.42 Å². The van der Waals surface area contributed by atoms with Gasteiger partial charge in [-0.15, -0.1) is 0 Å². The van der Waals surface area contributed by atoms with Crippen molar-refractivity contribution in [1.82, 2.24) is 0 Å². The van der Waals surface area contributed by atoms with E-state index in [1.54, 1.807) is 0 Å². The molecule has 1 atom stereocenters. The zero-order chi connectivity index (χ0) is 6.69. The fourth-order valence-electron chi connectivity index (χ4n) is 0.974. The molecule has 0 heterocycles. The Balaban J connectivity index is 2.51. The summed E-state index contributed by atoms with van der Waals surface area (Å²) in [6, 6.07) is 0. The first-order chi connectivity index (χ1) is 4.30. The lowest BCUT2D eigenvalue weighted by molar-refractivity contribution is 0.369. The van der Waals surface area contributed by atoms with Crippen molar-refractivity contribution in [2.75, 3.05) is 0 Å². The van der Waals surface area contributed by atoms with Crippen LogP contribution in [-0.4, -0.2) is 6.17 Å². The molecule has 0 radical (unpaired) electrons. The molecule has 0 N–H and O–H groups in total. The van der Waals surface area contributed by atoms with E-state index in [1.165, 1.54) is 0 Å². The molecule has 0 spiro atoms. The summed E-state index contributed by atoms with van der Waals surface area (Å²) in [6.45, 7) is 0. The van der Waals surface area contributed by atoms with Crippen molar-refractivity contribution in [3.8, 4) is 0 Å². The molecule has 0 aromatic heterocycles. The number of allylic oxidation sites excluding steroid dienone is 2. The van der Waals surface area contributed by atoms with Crippen LogP contribution < -0.4 is 0 Å². The Morgan fingerprint density at radius 3 is 3.11 bits per heavy atom. The van der Waals surface area contributed by atoms with Crippen molar-refractivity contribution in [1.29, 1.82) is 0 Å². The Bertz CT molecular complexity index is 120. The van der Waals surface area contributed by atoms with Gasteiger partial charge in [-0.2, -0.15) is 0 Å². The number of halogens is 2. The largest absolute Gasteiger partial charge is 0.242 e. The Hall–Kier alpha value is 0.150. The summed E-state index contributed by atoms with van der Waals surface area (Å²) in [5.74, 6) is 0. The van der Waals surface area contributed by atoms with E-state index in [2.05, 4.69) is 15.9 Å². The summed E-state index contributed by atoms with van der Waals surface area (Å²) >= 11 is 3.19. The highest BCUT2D eigenvalue weighted by atomic mass is 79.9. The van der Waals surface area contributed by atoms with E-state index in [-0.39, 0.29) is 0 Å². The van der Waals surface area contributed by atoms with Crippen LogP contribution in [0.4, 0.5) is 4.39 Å². The van der Waals surface area contributed by atoms with Gasteiger partial charge in [0, 0.05) is 4.48 Å². The number of alkyl halides is 1. The van der Waals surface area contributed by atoms with Gasteiger partial charge < -0.3 is 0 Å². The van der Waals surface area contributed by atoms with Gasteiger partial charge in [-0.1, -0.05) is 22.0 Å². The average Bonchev–Trinajstić information content (AvgIpc) is 1.99. The molecular weight excluding hydrogens is 183 g/mol. The van der Waals surface area contributed by atoms with Gasteiger partial charge in [0.25, 0.3) is 0 Å². The normalized spacial score (nSPS) is 29.1. The van der Waals surface area contributed by atoms with Crippen LogP contribution in [0, 0.1) is 0 Å². The highest BCUT2D eigenvalue weighted by molar-refractivity contribution is 9.11. The highest BCUT2D eigenvalue weighted by Crippen LogP contribution is 2.24. The first-order valence-electron chi connectivity index (χ1n) is 3.30. The fourth-order valence-corrected chi connectivity index (χ4v) is 1.43. The maximum Gasteiger partial charge on any atom is 0.131 e. The van der Waals surface area contributed by atoms with Crippen LogP contribution in [0.3, 0.4) is 0 Å². The lowest BCUT2D eigenvalue weighted by Crippen LogP contribution is -1.96. The fraction of sp³-hybridized carbons (Fsp3) is 0.714. The lowest BCUT2D eigenvalue weighted by Gasteiger charge is -2.00. The maximum atomic E-state index is 12.7. The molecule has 0 bridgehead atoms. The molecule has 0 aromatic carbocycles. The molecule has 0 amide bonds. The second kappa shape index (κ2) is 3.35. The molecular formula is C7H10BrF. The first kappa shape index (κ1) is 7.26. The first-order valence-corrected chi connectivity index (χ1v) is 4.09. The minimum absolute atomic E-state index is 0.692. The quantitative estimate of drug-likeness (QED) is 0.554. The second-order valence-corrected chi connectivity index (χ2v) is 3.26. The van der Waals surface area contributed by atoms with Crippen LogP contribution in [-0.2, 0) is 0 Å². The summed E-state index contributed by atoms with van der Waals surface area (Å²) < 4.78 is 13.5. The zero-order valence-electron chi connectivity index (χ0n) is 5.24. The summed E-state index contributed by atoms with van der Waals surface area (Å²) in [6.07, 6.45) is 5.09. The van der Waals surface area contributed by atoms with Gasteiger partial charge in [-0.05, 0) is 25.7 Å². The van der Waals surface area contributed by atoms with Gasteiger partial charge in [-0.3, -0.25) is 0 Å². The van der Waals surface area contributed by atoms with Gasteiger partial charge in [-0.25, -0.2) is 4.39 Å². The summed E-state index contributed by atoms with van der Waals surface area (Å²) in [5, 5.41) is 0. The number of rotatable bonds is 0. The van der Waals surface area contributed by atoms with E-state index in [9.17, 15) is 4.39 Å². The van der Waals surface area contributed by atoms with Crippen molar-refractivity contribution in [2.24, 2.45) is 0 Å². The monoisotopic (exact) mass is 192 g/mol. The summed E-state index contributed by atoms with van der Waals surface area (Å²) in [7, 11) is 0. The van der Waals surface area contributed by atoms with Crippen LogP contribution in [0.25, 0.3) is 0 Å². The predicted molar refractivity (Wildman–Crippen MR) is 40.4 cm³/mol.